The second kappa shape index (κ2) is 8.04. The molecule has 5 nitrogen and oxygen atoms in total. The third-order valence-electron chi connectivity index (χ3n) is 4.10. The van der Waals surface area contributed by atoms with Gasteiger partial charge in [-0.05, 0) is 18.2 Å². The molecule has 0 radical (unpaired) electrons. The maximum atomic E-state index is 9.92. The summed E-state index contributed by atoms with van der Waals surface area (Å²) >= 11 is 0. The number of phenols is 1. The van der Waals surface area contributed by atoms with Crippen LogP contribution in [0.5, 0.6) is 17.2 Å². The van der Waals surface area contributed by atoms with Crippen LogP contribution in [0.15, 0.2) is 48.5 Å². The SMILES string of the molecule is COc1ccccc1OC[C@H]1CN(Cc2ccccc2O)CCO1. The Morgan fingerprint density at radius 3 is 2.67 bits per heavy atom. The number of rotatable bonds is 6. The summed E-state index contributed by atoms with van der Waals surface area (Å²) in [5.41, 5.74) is 0.934. The summed E-state index contributed by atoms with van der Waals surface area (Å²) in [6.45, 7) is 3.45. The normalized spacial score (nSPS) is 18.3. The standard InChI is InChI=1S/C19H23NO4/c1-22-18-8-4-5-9-19(18)24-14-16-13-20(10-11-23-16)12-15-6-2-3-7-17(15)21/h2-9,16,21H,10-14H2,1H3/t16-/m1/s1. The molecule has 0 aromatic heterocycles. The van der Waals surface area contributed by atoms with E-state index < -0.39 is 0 Å². The second-order valence-corrected chi connectivity index (χ2v) is 5.82. The average Bonchev–Trinajstić information content (AvgIpc) is 2.62. The van der Waals surface area contributed by atoms with Crippen LogP contribution in [0.1, 0.15) is 5.56 Å². The van der Waals surface area contributed by atoms with Gasteiger partial charge in [0, 0.05) is 25.2 Å². The van der Waals surface area contributed by atoms with Gasteiger partial charge in [-0.25, -0.2) is 0 Å². The first-order valence-corrected chi connectivity index (χ1v) is 8.13. The van der Waals surface area contributed by atoms with Crippen LogP contribution in [-0.2, 0) is 11.3 Å². The van der Waals surface area contributed by atoms with Crippen molar-refractivity contribution < 1.29 is 19.3 Å². The summed E-state index contributed by atoms with van der Waals surface area (Å²) in [5.74, 6) is 1.78. The third kappa shape index (κ3) is 4.19. The largest absolute Gasteiger partial charge is 0.508 e. The molecule has 1 heterocycles. The highest BCUT2D eigenvalue weighted by molar-refractivity contribution is 5.39. The van der Waals surface area contributed by atoms with Gasteiger partial charge in [0.2, 0.25) is 0 Å². The van der Waals surface area contributed by atoms with Crippen LogP contribution in [0, 0.1) is 0 Å². The topological polar surface area (TPSA) is 51.2 Å². The lowest BCUT2D eigenvalue weighted by Crippen LogP contribution is -2.44. The number of phenolic OH excluding ortho intramolecular Hbond substituents is 1. The maximum Gasteiger partial charge on any atom is 0.161 e. The first-order valence-electron chi connectivity index (χ1n) is 8.13. The Balaban J connectivity index is 1.55. The number of hydrogen-bond donors (Lipinski definition) is 1. The molecule has 1 fully saturated rings. The molecule has 1 saturated heterocycles. The van der Waals surface area contributed by atoms with Gasteiger partial charge >= 0.3 is 0 Å². The van der Waals surface area contributed by atoms with Crippen LogP contribution < -0.4 is 9.47 Å². The van der Waals surface area contributed by atoms with Gasteiger partial charge < -0.3 is 19.3 Å². The van der Waals surface area contributed by atoms with Crippen molar-refractivity contribution in [1.29, 1.82) is 0 Å². The Morgan fingerprint density at radius 1 is 1.12 bits per heavy atom. The summed E-state index contributed by atoms with van der Waals surface area (Å²) in [6, 6.07) is 15.0. The van der Waals surface area contributed by atoms with Crippen LogP contribution >= 0.6 is 0 Å². The van der Waals surface area contributed by atoms with E-state index in [-0.39, 0.29) is 6.10 Å². The fourth-order valence-corrected chi connectivity index (χ4v) is 2.83. The molecule has 0 amide bonds. The molecular weight excluding hydrogens is 306 g/mol. The molecule has 1 N–H and O–H groups in total. The lowest BCUT2D eigenvalue weighted by atomic mass is 10.1. The van der Waals surface area contributed by atoms with Crippen molar-refractivity contribution in [3.05, 3.63) is 54.1 Å². The predicted molar refractivity (Wildman–Crippen MR) is 91.6 cm³/mol. The molecule has 0 bridgehead atoms. The summed E-state index contributed by atoms with van der Waals surface area (Å²) in [6.07, 6.45) is -0.00508. The number of aromatic hydroxyl groups is 1. The van der Waals surface area contributed by atoms with Crippen molar-refractivity contribution in [2.24, 2.45) is 0 Å². The molecule has 2 aromatic carbocycles. The number of nitrogens with zero attached hydrogens (tertiary/aromatic N) is 1. The van der Waals surface area contributed by atoms with E-state index in [4.69, 9.17) is 14.2 Å². The summed E-state index contributed by atoms with van der Waals surface area (Å²) in [7, 11) is 1.63. The molecular formula is C19H23NO4. The first-order chi connectivity index (χ1) is 11.8. The van der Waals surface area contributed by atoms with Crippen molar-refractivity contribution in [2.75, 3.05) is 33.4 Å². The van der Waals surface area contributed by atoms with Crippen LogP contribution in [-0.4, -0.2) is 49.5 Å². The van der Waals surface area contributed by atoms with Crippen LogP contribution in [0.4, 0.5) is 0 Å². The van der Waals surface area contributed by atoms with Crippen LogP contribution in [0.25, 0.3) is 0 Å². The molecule has 1 aliphatic heterocycles. The summed E-state index contributed by atoms with van der Waals surface area (Å²) < 4.78 is 17.0. The highest BCUT2D eigenvalue weighted by Crippen LogP contribution is 2.26. The number of para-hydroxylation sites is 3. The molecule has 1 atom stereocenters. The molecule has 128 valence electrons. The van der Waals surface area contributed by atoms with Crippen molar-refractivity contribution in [1.82, 2.24) is 4.90 Å². The van der Waals surface area contributed by atoms with Crippen molar-refractivity contribution in [2.45, 2.75) is 12.6 Å². The van der Waals surface area contributed by atoms with E-state index in [0.29, 0.717) is 25.5 Å². The number of methoxy groups -OCH3 is 1. The van der Waals surface area contributed by atoms with E-state index in [1.165, 1.54) is 0 Å². The van der Waals surface area contributed by atoms with Gasteiger partial charge in [0.1, 0.15) is 18.5 Å². The van der Waals surface area contributed by atoms with E-state index in [2.05, 4.69) is 4.90 Å². The minimum atomic E-state index is -0.00508. The molecule has 0 unspecified atom stereocenters. The average molecular weight is 329 g/mol. The van der Waals surface area contributed by atoms with Gasteiger partial charge in [-0.3, -0.25) is 4.90 Å². The van der Waals surface area contributed by atoms with Gasteiger partial charge in [0.05, 0.1) is 13.7 Å². The Labute approximate surface area is 142 Å². The molecule has 0 spiro atoms. The van der Waals surface area contributed by atoms with Gasteiger partial charge in [-0.2, -0.15) is 0 Å². The Morgan fingerprint density at radius 2 is 1.88 bits per heavy atom. The molecule has 5 heteroatoms. The zero-order chi connectivity index (χ0) is 16.8. The molecule has 1 aliphatic rings. The van der Waals surface area contributed by atoms with E-state index in [9.17, 15) is 5.11 Å². The lowest BCUT2D eigenvalue weighted by molar-refractivity contribution is -0.0508. The second-order valence-electron chi connectivity index (χ2n) is 5.82. The van der Waals surface area contributed by atoms with E-state index in [1.54, 1.807) is 13.2 Å². The van der Waals surface area contributed by atoms with Gasteiger partial charge in [0.25, 0.3) is 0 Å². The highest BCUT2D eigenvalue weighted by atomic mass is 16.5. The van der Waals surface area contributed by atoms with Gasteiger partial charge in [-0.15, -0.1) is 0 Å². The lowest BCUT2D eigenvalue weighted by Gasteiger charge is -2.33. The Kier molecular flexibility index (Phi) is 5.56. The number of benzene rings is 2. The zero-order valence-electron chi connectivity index (χ0n) is 13.9. The quantitative estimate of drug-likeness (QED) is 0.883. The summed E-state index contributed by atoms with van der Waals surface area (Å²) in [4.78, 5) is 2.27. The monoisotopic (exact) mass is 329 g/mol. The van der Waals surface area contributed by atoms with Crippen LogP contribution in [0.2, 0.25) is 0 Å². The number of hydrogen-bond acceptors (Lipinski definition) is 5. The zero-order valence-corrected chi connectivity index (χ0v) is 13.9. The van der Waals surface area contributed by atoms with E-state index in [1.807, 2.05) is 42.5 Å². The Hall–Kier alpha value is -2.24. The molecule has 2 aromatic rings. The maximum absolute atomic E-state index is 9.92. The molecule has 3 rings (SSSR count). The molecule has 0 saturated carbocycles. The Bertz CT molecular complexity index is 661. The fourth-order valence-electron chi connectivity index (χ4n) is 2.83. The first kappa shape index (κ1) is 16.6. The molecule has 24 heavy (non-hydrogen) atoms. The summed E-state index contributed by atoms with van der Waals surface area (Å²) in [5, 5.41) is 9.92. The van der Waals surface area contributed by atoms with Gasteiger partial charge in [-0.1, -0.05) is 30.3 Å². The fraction of sp³-hybridized carbons (Fsp3) is 0.368. The number of ether oxygens (including phenoxy) is 3. The highest BCUT2D eigenvalue weighted by Gasteiger charge is 2.22. The van der Waals surface area contributed by atoms with E-state index >= 15 is 0 Å². The minimum absolute atomic E-state index is 0.00508. The minimum Gasteiger partial charge on any atom is -0.508 e. The molecule has 0 aliphatic carbocycles. The van der Waals surface area contributed by atoms with Crippen LogP contribution in [0.3, 0.4) is 0 Å². The van der Waals surface area contributed by atoms with Crippen molar-refractivity contribution in [3.8, 4) is 17.2 Å². The van der Waals surface area contributed by atoms with E-state index in [0.717, 1.165) is 30.2 Å². The van der Waals surface area contributed by atoms with Gasteiger partial charge in [0.15, 0.2) is 11.5 Å². The smallest absolute Gasteiger partial charge is 0.161 e. The van der Waals surface area contributed by atoms with Crippen molar-refractivity contribution in [3.63, 3.8) is 0 Å². The number of morpholine rings is 1. The third-order valence-corrected chi connectivity index (χ3v) is 4.10. The predicted octanol–water partition coefficient (Wildman–Crippen LogP) is 2.68. The van der Waals surface area contributed by atoms with Crippen molar-refractivity contribution >= 4 is 0 Å².